The summed E-state index contributed by atoms with van der Waals surface area (Å²) in [6.45, 7) is 0.989. The summed E-state index contributed by atoms with van der Waals surface area (Å²) in [6.07, 6.45) is 1.02. The number of nitrogens with one attached hydrogen (secondary N) is 1. The van der Waals surface area contributed by atoms with Gasteiger partial charge < -0.3 is 10.0 Å². The molecule has 0 spiro atoms. The third-order valence-corrected chi connectivity index (χ3v) is 3.30. The topological polar surface area (TPSA) is 69.2 Å². The van der Waals surface area contributed by atoms with Crippen molar-refractivity contribution < 1.29 is 9.90 Å². The first-order chi connectivity index (χ1) is 8.66. The Morgan fingerprint density at radius 2 is 2.33 bits per heavy atom. The lowest BCUT2D eigenvalue weighted by molar-refractivity contribution is 0.0690. The summed E-state index contributed by atoms with van der Waals surface area (Å²) in [6, 6.07) is 7.64. The summed E-state index contributed by atoms with van der Waals surface area (Å²) in [5, 5.41) is 15.5. The number of aromatic amines is 1. The van der Waals surface area contributed by atoms with E-state index in [1.807, 2.05) is 19.2 Å². The van der Waals surface area contributed by atoms with Gasteiger partial charge in [-0.25, -0.2) is 4.79 Å². The minimum absolute atomic E-state index is 0.114. The van der Waals surface area contributed by atoms with Gasteiger partial charge in [0, 0.05) is 24.8 Å². The fourth-order valence-electron chi connectivity index (χ4n) is 2.42. The van der Waals surface area contributed by atoms with Gasteiger partial charge in [-0.05, 0) is 18.1 Å². The average molecular weight is 243 g/mol. The average Bonchev–Trinajstić information content (AvgIpc) is 2.96. The molecule has 0 fully saturated rings. The number of carboxylic acids is 1. The molecule has 3 rings (SSSR count). The molecule has 5 nitrogen and oxygen atoms in total. The maximum atomic E-state index is 10.9. The zero-order valence-corrected chi connectivity index (χ0v) is 9.97. The number of aromatic nitrogens is 2. The first-order valence-corrected chi connectivity index (χ1v) is 5.79. The van der Waals surface area contributed by atoms with Crippen molar-refractivity contribution in [2.24, 2.45) is 0 Å². The molecule has 0 atom stereocenters. The Balaban J connectivity index is 2.12. The van der Waals surface area contributed by atoms with E-state index in [9.17, 15) is 4.79 Å². The van der Waals surface area contributed by atoms with Crippen LogP contribution in [0.5, 0.6) is 0 Å². The van der Waals surface area contributed by atoms with Crippen LogP contribution in [-0.2, 0) is 6.42 Å². The molecule has 0 saturated heterocycles. The van der Waals surface area contributed by atoms with Gasteiger partial charge in [-0.15, -0.1) is 0 Å². The quantitative estimate of drug-likeness (QED) is 0.843. The summed E-state index contributed by atoms with van der Waals surface area (Å²) in [5.41, 5.74) is 4.22. The summed E-state index contributed by atoms with van der Waals surface area (Å²) >= 11 is 0. The molecule has 0 unspecified atom stereocenters. The van der Waals surface area contributed by atoms with Gasteiger partial charge in [0.2, 0.25) is 0 Å². The van der Waals surface area contributed by atoms with E-state index < -0.39 is 5.97 Å². The normalized spacial score (nSPS) is 13.7. The van der Waals surface area contributed by atoms with Crippen molar-refractivity contribution in [3.8, 4) is 11.3 Å². The van der Waals surface area contributed by atoms with Gasteiger partial charge in [0.05, 0.1) is 5.69 Å². The second-order valence-electron chi connectivity index (χ2n) is 4.46. The minimum atomic E-state index is -0.991. The smallest absolute Gasteiger partial charge is 0.353 e. The summed E-state index contributed by atoms with van der Waals surface area (Å²) in [5.74, 6) is -0.991. The molecule has 1 aliphatic rings. The lowest BCUT2D eigenvalue weighted by atomic mass is 10.0. The molecule has 2 N–H and O–H groups in total. The van der Waals surface area contributed by atoms with Crippen LogP contribution in [-0.4, -0.2) is 34.9 Å². The molecule has 0 saturated carbocycles. The van der Waals surface area contributed by atoms with Crippen molar-refractivity contribution in [3.05, 3.63) is 35.5 Å². The molecule has 1 aliphatic heterocycles. The third kappa shape index (κ3) is 1.55. The Kier molecular flexibility index (Phi) is 2.33. The molecule has 18 heavy (non-hydrogen) atoms. The van der Waals surface area contributed by atoms with Crippen molar-refractivity contribution >= 4 is 11.7 Å². The number of para-hydroxylation sites is 1. The van der Waals surface area contributed by atoms with Gasteiger partial charge in [0.15, 0.2) is 0 Å². The van der Waals surface area contributed by atoms with Crippen LogP contribution >= 0.6 is 0 Å². The van der Waals surface area contributed by atoms with Gasteiger partial charge in [0.1, 0.15) is 5.69 Å². The standard InChI is InChI=1S/C13H13N3O2/c1-16-6-5-8-3-2-4-9(12(8)16)10-7-11(13(17)18)15-14-10/h2-4,7H,5-6H2,1H3,(H,14,15)(H,17,18). The zero-order valence-electron chi connectivity index (χ0n) is 9.97. The number of anilines is 1. The van der Waals surface area contributed by atoms with Crippen LogP contribution in [0.1, 0.15) is 16.1 Å². The maximum Gasteiger partial charge on any atom is 0.353 e. The van der Waals surface area contributed by atoms with Crippen molar-refractivity contribution in [2.45, 2.75) is 6.42 Å². The number of carbonyl (C=O) groups is 1. The van der Waals surface area contributed by atoms with E-state index in [1.54, 1.807) is 6.07 Å². The van der Waals surface area contributed by atoms with Crippen LogP contribution in [0, 0.1) is 0 Å². The maximum absolute atomic E-state index is 10.9. The van der Waals surface area contributed by atoms with Crippen molar-refractivity contribution in [1.82, 2.24) is 10.2 Å². The fraction of sp³-hybridized carbons (Fsp3) is 0.231. The van der Waals surface area contributed by atoms with E-state index in [4.69, 9.17) is 5.11 Å². The van der Waals surface area contributed by atoms with Gasteiger partial charge in [0.25, 0.3) is 0 Å². The third-order valence-electron chi connectivity index (χ3n) is 3.30. The highest BCUT2D eigenvalue weighted by molar-refractivity contribution is 5.88. The van der Waals surface area contributed by atoms with E-state index in [1.165, 1.54) is 5.56 Å². The second kappa shape index (κ2) is 3.87. The highest BCUT2D eigenvalue weighted by Gasteiger charge is 2.21. The summed E-state index contributed by atoms with van der Waals surface area (Å²) in [7, 11) is 2.04. The number of likely N-dealkylation sites (N-methyl/N-ethyl adjacent to an activating group) is 1. The van der Waals surface area contributed by atoms with E-state index in [2.05, 4.69) is 21.2 Å². The van der Waals surface area contributed by atoms with Gasteiger partial charge in [-0.3, -0.25) is 5.10 Å². The molecule has 0 bridgehead atoms. The number of hydrogen-bond donors (Lipinski definition) is 2. The minimum Gasteiger partial charge on any atom is -0.477 e. The number of fused-ring (bicyclic) bond motifs is 1. The molecule has 92 valence electrons. The van der Waals surface area contributed by atoms with E-state index in [0.717, 1.165) is 24.2 Å². The molecule has 0 aliphatic carbocycles. The molecule has 0 amide bonds. The van der Waals surface area contributed by atoms with E-state index in [-0.39, 0.29) is 5.69 Å². The number of rotatable bonds is 2. The summed E-state index contributed by atoms with van der Waals surface area (Å²) < 4.78 is 0. The number of benzene rings is 1. The van der Waals surface area contributed by atoms with Crippen LogP contribution in [0.25, 0.3) is 11.3 Å². The number of aromatic carboxylic acids is 1. The van der Waals surface area contributed by atoms with Crippen LogP contribution < -0.4 is 4.90 Å². The largest absolute Gasteiger partial charge is 0.477 e. The molecule has 0 radical (unpaired) electrons. The Labute approximate surface area is 104 Å². The van der Waals surface area contributed by atoms with Crippen LogP contribution in [0.2, 0.25) is 0 Å². The number of carboxylic acid groups (broad SMARTS) is 1. The predicted molar refractivity (Wildman–Crippen MR) is 68.0 cm³/mol. The van der Waals surface area contributed by atoms with Gasteiger partial charge >= 0.3 is 5.97 Å². The lowest BCUT2D eigenvalue weighted by Gasteiger charge is -2.15. The Morgan fingerprint density at radius 1 is 1.50 bits per heavy atom. The van der Waals surface area contributed by atoms with Gasteiger partial charge in [-0.2, -0.15) is 5.10 Å². The molecule has 1 aromatic heterocycles. The molecule has 1 aromatic carbocycles. The Bertz CT molecular complexity index is 618. The Morgan fingerprint density at radius 3 is 3.06 bits per heavy atom. The van der Waals surface area contributed by atoms with E-state index >= 15 is 0 Å². The van der Waals surface area contributed by atoms with Crippen LogP contribution in [0.4, 0.5) is 5.69 Å². The molecule has 2 heterocycles. The monoisotopic (exact) mass is 243 g/mol. The van der Waals surface area contributed by atoms with Crippen LogP contribution in [0.15, 0.2) is 24.3 Å². The second-order valence-corrected chi connectivity index (χ2v) is 4.46. The zero-order chi connectivity index (χ0) is 12.7. The van der Waals surface area contributed by atoms with Crippen molar-refractivity contribution in [2.75, 3.05) is 18.5 Å². The molecular formula is C13H13N3O2. The fourth-order valence-corrected chi connectivity index (χ4v) is 2.42. The Hall–Kier alpha value is -2.30. The van der Waals surface area contributed by atoms with Crippen molar-refractivity contribution in [3.63, 3.8) is 0 Å². The summed E-state index contributed by atoms with van der Waals surface area (Å²) in [4.78, 5) is 13.0. The predicted octanol–water partition coefficient (Wildman–Crippen LogP) is 1.77. The molecule has 5 heteroatoms. The SMILES string of the molecule is CN1CCc2cccc(-c3cc(C(=O)O)[nH]n3)c21. The first kappa shape index (κ1) is 10.8. The highest BCUT2D eigenvalue weighted by atomic mass is 16.4. The number of H-pyrrole nitrogens is 1. The lowest BCUT2D eigenvalue weighted by Crippen LogP contribution is -2.13. The van der Waals surface area contributed by atoms with Gasteiger partial charge in [-0.1, -0.05) is 18.2 Å². The first-order valence-electron chi connectivity index (χ1n) is 5.79. The highest BCUT2D eigenvalue weighted by Crippen LogP contribution is 2.36. The van der Waals surface area contributed by atoms with Crippen molar-refractivity contribution in [1.29, 1.82) is 0 Å². The number of nitrogens with zero attached hydrogens (tertiary/aromatic N) is 2. The molecule has 2 aromatic rings. The number of hydrogen-bond acceptors (Lipinski definition) is 3. The van der Waals surface area contributed by atoms with Crippen LogP contribution in [0.3, 0.4) is 0 Å². The molecular weight excluding hydrogens is 230 g/mol. The van der Waals surface area contributed by atoms with E-state index in [0.29, 0.717) is 5.69 Å².